The molecular weight excluding hydrogens is 322 g/mol. The normalized spacial score (nSPS) is 10.7. The molecule has 1 heterocycles. The van der Waals surface area contributed by atoms with Crippen LogP contribution in [0.1, 0.15) is 29.9 Å². The van der Waals surface area contributed by atoms with Gasteiger partial charge in [-0.05, 0) is 47.7 Å². The summed E-state index contributed by atoms with van der Waals surface area (Å²) in [6.45, 7) is 4.29. The van der Waals surface area contributed by atoms with Crippen molar-refractivity contribution >= 4 is 17.3 Å². The lowest BCUT2D eigenvalue weighted by Crippen LogP contribution is -2.14. The van der Waals surface area contributed by atoms with E-state index in [2.05, 4.69) is 24.1 Å². The molecule has 4 nitrogen and oxygen atoms in total. The summed E-state index contributed by atoms with van der Waals surface area (Å²) < 4.78 is 0. The average Bonchev–Trinajstić information content (AvgIpc) is 2.64. The van der Waals surface area contributed by atoms with E-state index in [1.165, 1.54) is 0 Å². The van der Waals surface area contributed by atoms with Gasteiger partial charge in [-0.15, -0.1) is 0 Å². The van der Waals surface area contributed by atoms with Crippen LogP contribution in [0.3, 0.4) is 0 Å². The first-order chi connectivity index (χ1) is 12.5. The zero-order valence-electron chi connectivity index (χ0n) is 15.1. The van der Waals surface area contributed by atoms with E-state index in [9.17, 15) is 4.79 Å². The molecule has 3 rings (SSSR count). The van der Waals surface area contributed by atoms with Crippen molar-refractivity contribution < 1.29 is 4.79 Å². The van der Waals surface area contributed by atoms with Crippen LogP contribution in [0.15, 0.2) is 66.9 Å². The Morgan fingerprint density at radius 3 is 2.46 bits per heavy atom. The van der Waals surface area contributed by atoms with Gasteiger partial charge >= 0.3 is 0 Å². The summed E-state index contributed by atoms with van der Waals surface area (Å²) in [5.74, 6) is 0.313. The summed E-state index contributed by atoms with van der Waals surface area (Å²) in [6, 6.07) is 19.3. The number of carbonyl (C=O) groups is 1. The van der Waals surface area contributed by atoms with E-state index in [0.29, 0.717) is 22.9 Å². The topological polar surface area (TPSA) is 68.0 Å². The van der Waals surface area contributed by atoms with Crippen molar-refractivity contribution in [3.8, 4) is 11.1 Å². The highest BCUT2D eigenvalue weighted by molar-refractivity contribution is 6.06. The van der Waals surface area contributed by atoms with Crippen molar-refractivity contribution in [2.24, 2.45) is 5.92 Å². The summed E-state index contributed by atoms with van der Waals surface area (Å²) in [4.78, 5) is 16.9. The summed E-state index contributed by atoms with van der Waals surface area (Å²) in [7, 11) is 0. The lowest BCUT2D eigenvalue weighted by atomic mass is 10.0. The molecule has 0 spiro atoms. The van der Waals surface area contributed by atoms with Gasteiger partial charge in [0.1, 0.15) is 0 Å². The molecule has 0 fully saturated rings. The van der Waals surface area contributed by atoms with E-state index in [1.807, 2.05) is 54.6 Å². The van der Waals surface area contributed by atoms with Gasteiger partial charge in [0.2, 0.25) is 0 Å². The van der Waals surface area contributed by atoms with Gasteiger partial charge in [0.25, 0.3) is 5.91 Å². The van der Waals surface area contributed by atoms with E-state index >= 15 is 0 Å². The van der Waals surface area contributed by atoms with Gasteiger partial charge in [-0.3, -0.25) is 9.78 Å². The molecule has 0 saturated carbocycles. The molecule has 26 heavy (non-hydrogen) atoms. The monoisotopic (exact) mass is 345 g/mol. The first-order valence-corrected chi connectivity index (χ1v) is 8.74. The second-order valence-corrected chi connectivity index (χ2v) is 6.76. The molecule has 132 valence electrons. The number of aromatic nitrogens is 1. The molecule has 0 saturated heterocycles. The third kappa shape index (κ3) is 4.28. The Bertz CT molecular complexity index is 887. The molecule has 3 N–H and O–H groups in total. The molecule has 1 amide bonds. The molecule has 0 unspecified atom stereocenters. The molecular formula is C22H23N3O. The van der Waals surface area contributed by atoms with Crippen molar-refractivity contribution in [3.63, 3.8) is 0 Å². The molecule has 0 aliphatic rings. The maximum absolute atomic E-state index is 12.5. The SMILES string of the molecule is CC(C)Cc1ccc(C(=O)Nc2cc(-c3ccccc3)ccc2N)cn1. The lowest BCUT2D eigenvalue weighted by molar-refractivity contribution is 0.102. The Morgan fingerprint density at radius 2 is 1.81 bits per heavy atom. The third-order valence-corrected chi connectivity index (χ3v) is 4.11. The first kappa shape index (κ1) is 17.7. The second kappa shape index (κ2) is 7.83. The van der Waals surface area contributed by atoms with Crippen LogP contribution in [0, 0.1) is 5.92 Å². The van der Waals surface area contributed by atoms with Gasteiger partial charge in [0, 0.05) is 11.9 Å². The van der Waals surface area contributed by atoms with Crippen molar-refractivity contribution in [2.45, 2.75) is 20.3 Å². The highest BCUT2D eigenvalue weighted by Gasteiger charge is 2.10. The highest BCUT2D eigenvalue weighted by atomic mass is 16.1. The maximum atomic E-state index is 12.5. The maximum Gasteiger partial charge on any atom is 0.257 e. The fourth-order valence-corrected chi connectivity index (χ4v) is 2.77. The highest BCUT2D eigenvalue weighted by Crippen LogP contribution is 2.27. The minimum atomic E-state index is -0.217. The van der Waals surface area contributed by atoms with Gasteiger partial charge < -0.3 is 11.1 Å². The molecule has 0 aliphatic heterocycles. The predicted molar refractivity (Wildman–Crippen MR) is 107 cm³/mol. The smallest absolute Gasteiger partial charge is 0.257 e. The zero-order valence-corrected chi connectivity index (χ0v) is 15.1. The van der Waals surface area contributed by atoms with Crippen LogP contribution in [0.5, 0.6) is 0 Å². The number of nitrogens with zero attached hydrogens (tertiary/aromatic N) is 1. The Hall–Kier alpha value is -3.14. The largest absolute Gasteiger partial charge is 0.397 e. The summed E-state index contributed by atoms with van der Waals surface area (Å²) in [5.41, 5.74) is 10.7. The van der Waals surface area contributed by atoms with E-state index < -0.39 is 0 Å². The molecule has 1 aromatic heterocycles. The number of anilines is 2. The number of carbonyl (C=O) groups excluding carboxylic acids is 1. The number of hydrogen-bond donors (Lipinski definition) is 2. The van der Waals surface area contributed by atoms with E-state index in [1.54, 1.807) is 12.3 Å². The van der Waals surface area contributed by atoms with Crippen molar-refractivity contribution in [3.05, 3.63) is 78.1 Å². The van der Waals surface area contributed by atoms with Gasteiger partial charge in [0.15, 0.2) is 0 Å². The van der Waals surface area contributed by atoms with Crippen LogP contribution in [0.25, 0.3) is 11.1 Å². The standard InChI is InChI=1S/C22H23N3O/c1-15(2)12-19-10-8-18(14-24-19)22(26)25-21-13-17(9-11-20(21)23)16-6-4-3-5-7-16/h3-11,13-15H,12,23H2,1-2H3,(H,25,26). The number of rotatable bonds is 5. The zero-order chi connectivity index (χ0) is 18.5. The van der Waals surface area contributed by atoms with Crippen LogP contribution in [-0.4, -0.2) is 10.9 Å². The molecule has 4 heteroatoms. The number of amides is 1. The summed E-state index contributed by atoms with van der Waals surface area (Å²) in [5, 5.41) is 2.89. The fraction of sp³-hybridized carbons (Fsp3) is 0.182. The molecule has 2 aromatic carbocycles. The number of nitrogens with two attached hydrogens (primary N) is 1. The Kier molecular flexibility index (Phi) is 5.32. The van der Waals surface area contributed by atoms with Crippen LogP contribution in [-0.2, 0) is 6.42 Å². The van der Waals surface area contributed by atoms with Crippen LogP contribution >= 0.6 is 0 Å². The summed E-state index contributed by atoms with van der Waals surface area (Å²) >= 11 is 0. The third-order valence-electron chi connectivity index (χ3n) is 4.11. The summed E-state index contributed by atoms with van der Waals surface area (Å²) in [6.07, 6.45) is 2.51. The number of hydrogen-bond acceptors (Lipinski definition) is 3. The van der Waals surface area contributed by atoms with Crippen LogP contribution < -0.4 is 11.1 Å². The van der Waals surface area contributed by atoms with Crippen LogP contribution in [0.2, 0.25) is 0 Å². The second-order valence-electron chi connectivity index (χ2n) is 6.76. The Labute approximate surface area is 154 Å². The molecule has 3 aromatic rings. The molecule has 0 aliphatic carbocycles. The van der Waals surface area contributed by atoms with Crippen molar-refractivity contribution in [2.75, 3.05) is 11.1 Å². The van der Waals surface area contributed by atoms with Crippen molar-refractivity contribution in [1.82, 2.24) is 4.98 Å². The average molecular weight is 345 g/mol. The van der Waals surface area contributed by atoms with Crippen molar-refractivity contribution in [1.29, 1.82) is 0 Å². The molecule has 0 bridgehead atoms. The minimum Gasteiger partial charge on any atom is -0.397 e. The molecule has 0 atom stereocenters. The Morgan fingerprint density at radius 1 is 1.04 bits per heavy atom. The number of benzene rings is 2. The Balaban J connectivity index is 1.78. The quantitative estimate of drug-likeness (QED) is 0.654. The van der Waals surface area contributed by atoms with E-state index in [-0.39, 0.29) is 5.91 Å². The van der Waals surface area contributed by atoms with Gasteiger partial charge in [-0.2, -0.15) is 0 Å². The number of nitrogens with one attached hydrogen (secondary N) is 1. The van der Waals surface area contributed by atoms with Gasteiger partial charge in [0.05, 0.1) is 16.9 Å². The number of nitrogen functional groups attached to an aromatic ring is 1. The predicted octanol–water partition coefficient (Wildman–Crippen LogP) is 4.78. The van der Waals surface area contributed by atoms with Gasteiger partial charge in [-0.25, -0.2) is 0 Å². The minimum absolute atomic E-state index is 0.217. The van der Waals surface area contributed by atoms with E-state index in [4.69, 9.17) is 5.73 Å². The molecule has 0 radical (unpaired) electrons. The first-order valence-electron chi connectivity index (χ1n) is 8.74. The van der Waals surface area contributed by atoms with Gasteiger partial charge in [-0.1, -0.05) is 50.2 Å². The fourth-order valence-electron chi connectivity index (χ4n) is 2.77. The number of pyridine rings is 1. The van der Waals surface area contributed by atoms with Crippen LogP contribution in [0.4, 0.5) is 11.4 Å². The van der Waals surface area contributed by atoms with E-state index in [0.717, 1.165) is 23.2 Å². The lowest BCUT2D eigenvalue weighted by Gasteiger charge is -2.11.